The second kappa shape index (κ2) is 7.72. The molecule has 0 fully saturated rings. The molecule has 0 saturated carbocycles. The Morgan fingerprint density at radius 3 is 2.78 bits per heavy atom. The number of pyridine rings is 1. The van der Waals surface area contributed by atoms with Crippen LogP contribution in [0.3, 0.4) is 0 Å². The summed E-state index contributed by atoms with van der Waals surface area (Å²) in [5, 5.41) is 4.98. The third kappa shape index (κ3) is 3.90. The van der Waals surface area contributed by atoms with E-state index in [-0.39, 0.29) is 17.6 Å². The third-order valence-electron chi connectivity index (χ3n) is 4.51. The molecular formula is C21H18FN3OS. The van der Waals surface area contributed by atoms with Gasteiger partial charge in [0.2, 0.25) is 5.91 Å². The molecule has 0 saturated heterocycles. The number of aromatic nitrogens is 2. The van der Waals surface area contributed by atoms with Gasteiger partial charge in [-0.2, -0.15) is 0 Å². The van der Waals surface area contributed by atoms with Crippen LogP contribution in [0.2, 0.25) is 0 Å². The van der Waals surface area contributed by atoms with Crippen LogP contribution in [0.4, 0.5) is 4.39 Å². The Kier molecular flexibility index (Phi) is 4.98. The average Bonchev–Trinajstić information content (AvgIpc) is 3.35. The van der Waals surface area contributed by atoms with Crippen molar-refractivity contribution in [3.8, 4) is 0 Å². The molecule has 4 rings (SSSR count). The molecule has 0 aliphatic heterocycles. The molecular weight excluding hydrogens is 361 g/mol. The minimum absolute atomic E-state index is 0.0947. The van der Waals surface area contributed by atoms with Gasteiger partial charge in [0, 0.05) is 11.1 Å². The second-order valence-electron chi connectivity index (χ2n) is 6.28. The molecule has 6 heteroatoms. The van der Waals surface area contributed by atoms with Crippen LogP contribution >= 0.6 is 11.3 Å². The Labute approximate surface area is 160 Å². The zero-order chi connectivity index (χ0) is 18.6. The lowest BCUT2D eigenvalue weighted by Gasteiger charge is -2.16. The first-order valence-corrected chi connectivity index (χ1v) is 9.55. The summed E-state index contributed by atoms with van der Waals surface area (Å²) in [6.45, 7) is 0.332. The molecule has 0 radical (unpaired) electrons. The molecule has 4 nitrogen and oxygen atoms in total. The molecule has 0 spiro atoms. The number of hydrogen-bond donors (Lipinski definition) is 1. The summed E-state index contributed by atoms with van der Waals surface area (Å²) >= 11 is 1.61. The number of amides is 1. The maximum absolute atomic E-state index is 13.3. The van der Waals surface area contributed by atoms with E-state index in [0.717, 1.165) is 21.8 Å². The lowest BCUT2D eigenvalue weighted by molar-refractivity contribution is -0.122. The average molecular weight is 379 g/mol. The Morgan fingerprint density at radius 1 is 1.15 bits per heavy atom. The Balaban J connectivity index is 1.53. The quantitative estimate of drug-likeness (QED) is 0.546. The summed E-state index contributed by atoms with van der Waals surface area (Å²) in [7, 11) is 0. The molecule has 0 bridgehead atoms. The zero-order valence-corrected chi connectivity index (χ0v) is 15.3. The van der Waals surface area contributed by atoms with Crippen molar-refractivity contribution in [3.63, 3.8) is 0 Å². The first kappa shape index (κ1) is 17.4. The van der Waals surface area contributed by atoms with Crippen LogP contribution in [0.15, 0.2) is 72.4 Å². The molecule has 3 heterocycles. The fraction of sp³-hybridized carbons (Fsp3) is 0.143. The van der Waals surface area contributed by atoms with Gasteiger partial charge in [0.1, 0.15) is 11.6 Å². The second-order valence-corrected chi connectivity index (χ2v) is 7.31. The van der Waals surface area contributed by atoms with Crippen molar-refractivity contribution in [1.82, 2.24) is 14.7 Å². The number of rotatable bonds is 6. The van der Waals surface area contributed by atoms with Crippen LogP contribution < -0.4 is 5.32 Å². The molecule has 4 aromatic rings. The van der Waals surface area contributed by atoms with Crippen molar-refractivity contribution in [3.05, 3.63) is 94.5 Å². The summed E-state index contributed by atoms with van der Waals surface area (Å²) in [6, 6.07) is 16.0. The molecule has 27 heavy (non-hydrogen) atoms. The summed E-state index contributed by atoms with van der Waals surface area (Å²) in [5.74, 6) is -0.0102. The predicted molar refractivity (Wildman–Crippen MR) is 104 cm³/mol. The fourth-order valence-corrected chi connectivity index (χ4v) is 3.86. The number of fused-ring (bicyclic) bond motifs is 1. The topological polar surface area (TPSA) is 46.4 Å². The Bertz CT molecular complexity index is 1040. The number of benzene rings is 1. The van der Waals surface area contributed by atoms with E-state index in [0.29, 0.717) is 13.0 Å². The van der Waals surface area contributed by atoms with Gasteiger partial charge < -0.3 is 9.72 Å². The highest BCUT2D eigenvalue weighted by Gasteiger charge is 2.22. The van der Waals surface area contributed by atoms with Crippen molar-refractivity contribution < 1.29 is 9.18 Å². The molecule has 1 aromatic carbocycles. The van der Waals surface area contributed by atoms with E-state index < -0.39 is 0 Å². The van der Waals surface area contributed by atoms with Gasteiger partial charge >= 0.3 is 0 Å². The molecule has 1 N–H and O–H groups in total. The van der Waals surface area contributed by atoms with E-state index in [1.807, 2.05) is 46.3 Å². The van der Waals surface area contributed by atoms with Gasteiger partial charge in [-0.15, -0.1) is 11.3 Å². The molecule has 1 atom stereocenters. The van der Waals surface area contributed by atoms with Gasteiger partial charge in [0.25, 0.3) is 0 Å². The number of nitrogens with one attached hydrogen (secondary N) is 1. The normalized spacial score (nSPS) is 12.2. The lowest BCUT2D eigenvalue weighted by atomic mass is 9.94. The number of thiophene rings is 1. The molecule has 1 unspecified atom stereocenters. The van der Waals surface area contributed by atoms with E-state index in [1.54, 1.807) is 29.7 Å². The predicted octanol–water partition coefficient (Wildman–Crippen LogP) is 4.18. The van der Waals surface area contributed by atoms with Crippen molar-refractivity contribution in [2.75, 3.05) is 0 Å². The number of hydrogen-bond acceptors (Lipinski definition) is 3. The molecule has 1 amide bonds. The fourth-order valence-electron chi connectivity index (χ4n) is 3.11. The summed E-state index contributed by atoms with van der Waals surface area (Å²) in [4.78, 5) is 18.5. The smallest absolute Gasteiger partial charge is 0.228 e. The van der Waals surface area contributed by atoms with Crippen LogP contribution in [0, 0.1) is 5.82 Å². The highest BCUT2D eigenvalue weighted by molar-refractivity contribution is 7.09. The van der Waals surface area contributed by atoms with E-state index in [4.69, 9.17) is 0 Å². The monoisotopic (exact) mass is 379 g/mol. The third-order valence-corrected chi connectivity index (χ3v) is 5.41. The van der Waals surface area contributed by atoms with E-state index in [9.17, 15) is 9.18 Å². The van der Waals surface area contributed by atoms with E-state index >= 15 is 0 Å². The first-order valence-electron chi connectivity index (χ1n) is 8.67. The van der Waals surface area contributed by atoms with Crippen LogP contribution in [0.5, 0.6) is 0 Å². The van der Waals surface area contributed by atoms with Gasteiger partial charge in [-0.1, -0.05) is 24.3 Å². The van der Waals surface area contributed by atoms with Crippen molar-refractivity contribution in [2.24, 2.45) is 0 Å². The van der Waals surface area contributed by atoms with Gasteiger partial charge in [-0.05, 0) is 47.7 Å². The number of halogens is 1. The Morgan fingerprint density at radius 2 is 2.00 bits per heavy atom. The van der Waals surface area contributed by atoms with Crippen LogP contribution in [-0.2, 0) is 17.8 Å². The number of imidazole rings is 1. The maximum atomic E-state index is 13.3. The summed E-state index contributed by atoms with van der Waals surface area (Å²) < 4.78 is 15.3. The minimum Gasteiger partial charge on any atom is -0.348 e. The van der Waals surface area contributed by atoms with E-state index in [2.05, 4.69) is 10.3 Å². The number of nitrogens with zero attached hydrogens (tertiary/aromatic N) is 2. The number of carbonyl (C=O) groups is 1. The molecule has 136 valence electrons. The zero-order valence-electron chi connectivity index (χ0n) is 14.5. The van der Waals surface area contributed by atoms with Crippen LogP contribution in [0.25, 0.3) is 5.52 Å². The van der Waals surface area contributed by atoms with Crippen LogP contribution in [0.1, 0.15) is 22.2 Å². The Hall–Kier alpha value is -2.99. The molecule has 3 aromatic heterocycles. The van der Waals surface area contributed by atoms with Gasteiger partial charge in [0.15, 0.2) is 0 Å². The maximum Gasteiger partial charge on any atom is 0.228 e. The van der Waals surface area contributed by atoms with Gasteiger partial charge in [0.05, 0.1) is 24.2 Å². The molecule has 0 aliphatic rings. The standard InChI is InChI=1S/C21H18FN3OS/c22-16-8-6-15(7-9-16)19(12-18-5-3-11-27-18)21(26)24-14-20-23-13-17-4-1-2-10-25(17)20/h1-11,13,19H,12,14H2,(H,24,26). The first-order chi connectivity index (χ1) is 13.2. The van der Waals surface area contributed by atoms with Crippen molar-refractivity contribution >= 4 is 22.8 Å². The van der Waals surface area contributed by atoms with Crippen molar-refractivity contribution in [1.29, 1.82) is 0 Å². The van der Waals surface area contributed by atoms with E-state index in [1.165, 1.54) is 12.1 Å². The SMILES string of the molecule is O=C(NCc1ncc2ccccn12)C(Cc1cccs1)c1ccc(F)cc1. The van der Waals surface area contributed by atoms with Gasteiger partial charge in [-0.25, -0.2) is 9.37 Å². The summed E-state index contributed by atoms with van der Waals surface area (Å²) in [5.41, 5.74) is 1.78. The molecule has 0 aliphatic carbocycles. The number of carbonyl (C=O) groups excluding carboxylic acids is 1. The van der Waals surface area contributed by atoms with Gasteiger partial charge in [-0.3, -0.25) is 4.79 Å². The largest absolute Gasteiger partial charge is 0.348 e. The minimum atomic E-state index is -0.379. The van der Waals surface area contributed by atoms with Crippen molar-refractivity contribution in [2.45, 2.75) is 18.9 Å². The summed E-state index contributed by atoms with van der Waals surface area (Å²) in [6.07, 6.45) is 4.29. The highest BCUT2D eigenvalue weighted by atomic mass is 32.1. The lowest BCUT2D eigenvalue weighted by Crippen LogP contribution is -2.30. The highest BCUT2D eigenvalue weighted by Crippen LogP contribution is 2.24. The van der Waals surface area contributed by atoms with Crippen LogP contribution in [-0.4, -0.2) is 15.3 Å².